The Hall–Kier alpha value is -1.42. The van der Waals surface area contributed by atoms with E-state index in [-0.39, 0.29) is 11.9 Å². The summed E-state index contributed by atoms with van der Waals surface area (Å²) in [4.78, 5) is 4.60. The molecule has 1 aromatic heterocycles. The maximum absolute atomic E-state index is 13.3. The van der Waals surface area contributed by atoms with Crippen LogP contribution in [0.5, 0.6) is 0 Å². The number of hydrogen-bond acceptors (Lipinski definition) is 2. The second kappa shape index (κ2) is 4.93. The summed E-state index contributed by atoms with van der Waals surface area (Å²) in [5, 5.41) is 0. The van der Waals surface area contributed by atoms with Crippen LogP contribution in [-0.2, 0) is 6.42 Å². The van der Waals surface area contributed by atoms with Gasteiger partial charge >= 0.3 is 0 Å². The highest BCUT2D eigenvalue weighted by Crippen LogP contribution is 2.39. The van der Waals surface area contributed by atoms with Crippen LogP contribution in [0.2, 0.25) is 0 Å². The number of rotatable bonds is 5. The molecule has 0 bridgehead atoms. The molecule has 1 atom stereocenters. The van der Waals surface area contributed by atoms with E-state index in [9.17, 15) is 4.39 Å². The number of aromatic nitrogens is 2. The zero-order valence-electron chi connectivity index (χ0n) is 11.3. The van der Waals surface area contributed by atoms with E-state index in [1.165, 1.54) is 25.0 Å². The zero-order chi connectivity index (χ0) is 13.4. The third-order valence-corrected chi connectivity index (χ3v) is 3.74. The molecule has 3 nitrogen and oxygen atoms in total. The fourth-order valence-electron chi connectivity index (χ4n) is 2.71. The number of hydrogen-bond donors (Lipinski definition) is 1. The van der Waals surface area contributed by atoms with Crippen molar-refractivity contribution < 1.29 is 4.39 Å². The van der Waals surface area contributed by atoms with Crippen molar-refractivity contribution in [3.63, 3.8) is 0 Å². The largest absolute Gasteiger partial charge is 0.327 e. The lowest BCUT2D eigenvalue weighted by Crippen LogP contribution is -2.24. The predicted molar refractivity (Wildman–Crippen MR) is 74.5 cm³/mol. The highest BCUT2D eigenvalue weighted by molar-refractivity contribution is 5.76. The average molecular weight is 261 g/mol. The van der Waals surface area contributed by atoms with E-state index in [0.717, 1.165) is 36.1 Å². The molecule has 0 spiro atoms. The highest BCUT2D eigenvalue weighted by atomic mass is 19.1. The van der Waals surface area contributed by atoms with Gasteiger partial charge in [0.2, 0.25) is 0 Å². The Morgan fingerprint density at radius 3 is 2.95 bits per heavy atom. The van der Waals surface area contributed by atoms with E-state index < -0.39 is 0 Å². The number of nitrogens with two attached hydrogens (primary N) is 1. The molecule has 2 aromatic rings. The SMILES string of the molecule is CCCC(N)Cc1nc2cc(F)ccc2n1C1CC1. The van der Waals surface area contributed by atoms with Crippen LogP contribution >= 0.6 is 0 Å². The van der Waals surface area contributed by atoms with E-state index in [1.807, 2.05) is 6.07 Å². The summed E-state index contributed by atoms with van der Waals surface area (Å²) in [6, 6.07) is 5.55. The number of nitrogens with zero attached hydrogens (tertiary/aromatic N) is 2. The first-order valence-electron chi connectivity index (χ1n) is 7.11. The molecule has 1 aliphatic carbocycles. The summed E-state index contributed by atoms with van der Waals surface area (Å²) >= 11 is 0. The molecule has 1 fully saturated rings. The fourth-order valence-corrected chi connectivity index (χ4v) is 2.71. The lowest BCUT2D eigenvalue weighted by Gasteiger charge is -2.12. The third kappa shape index (κ3) is 2.50. The summed E-state index contributed by atoms with van der Waals surface area (Å²) in [5.41, 5.74) is 7.93. The molecule has 0 amide bonds. The van der Waals surface area contributed by atoms with Gasteiger partial charge in [0.25, 0.3) is 0 Å². The van der Waals surface area contributed by atoms with Crippen molar-refractivity contribution >= 4 is 11.0 Å². The van der Waals surface area contributed by atoms with Gasteiger partial charge in [-0.15, -0.1) is 0 Å². The van der Waals surface area contributed by atoms with E-state index in [4.69, 9.17) is 5.73 Å². The molecule has 0 radical (unpaired) electrons. The summed E-state index contributed by atoms with van der Waals surface area (Å²) in [7, 11) is 0. The minimum Gasteiger partial charge on any atom is -0.327 e. The third-order valence-electron chi connectivity index (χ3n) is 3.74. The Morgan fingerprint density at radius 1 is 1.47 bits per heavy atom. The van der Waals surface area contributed by atoms with Crippen LogP contribution in [0.1, 0.15) is 44.5 Å². The van der Waals surface area contributed by atoms with Gasteiger partial charge in [-0.1, -0.05) is 13.3 Å². The lowest BCUT2D eigenvalue weighted by atomic mass is 10.1. The Morgan fingerprint density at radius 2 is 2.26 bits per heavy atom. The number of halogens is 1. The van der Waals surface area contributed by atoms with Crippen LogP contribution in [-0.4, -0.2) is 15.6 Å². The summed E-state index contributed by atoms with van der Waals surface area (Å²) in [5.74, 6) is 0.793. The smallest absolute Gasteiger partial charge is 0.125 e. The molecule has 4 heteroatoms. The van der Waals surface area contributed by atoms with Crippen LogP contribution in [0.25, 0.3) is 11.0 Å². The Kier molecular flexibility index (Phi) is 3.27. The van der Waals surface area contributed by atoms with Gasteiger partial charge in [-0.2, -0.15) is 0 Å². The average Bonchev–Trinajstić information content (AvgIpc) is 3.12. The molecule has 19 heavy (non-hydrogen) atoms. The molecule has 1 saturated carbocycles. The van der Waals surface area contributed by atoms with E-state index in [0.29, 0.717) is 6.04 Å². The van der Waals surface area contributed by atoms with Crippen molar-refractivity contribution in [3.05, 3.63) is 29.8 Å². The second-order valence-electron chi connectivity index (χ2n) is 5.52. The van der Waals surface area contributed by atoms with Crippen LogP contribution in [0.4, 0.5) is 4.39 Å². The van der Waals surface area contributed by atoms with Gasteiger partial charge in [-0.25, -0.2) is 9.37 Å². The first kappa shape index (κ1) is 12.6. The van der Waals surface area contributed by atoms with Crippen molar-refractivity contribution in [1.29, 1.82) is 0 Å². The number of imidazole rings is 1. The van der Waals surface area contributed by atoms with Crippen LogP contribution in [0.3, 0.4) is 0 Å². The van der Waals surface area contributed by atoms with Crippen molar-refractivity contribution in [2.24, 2.45) is 5.73 Å². The maximum Gasteiger partial charge on any atom is 0.125 e. The number of fused-ring (bicyclic) bond motifs is 1. The van der Waals surface area contributed by atoms with Gasteiger partial charge in [0.05, 0.1) is 11.0 Å². The Bertz CT molecular complexity index is 586. The maximum atomic E-state index is 13.3. The van der Waals surface area contributed by atoms with Gasteiger partial charge in [-0.3, -0.25) is 0 Å². The monoisotopic (exact) mass is 261 g/mol. The molecule has 1 aliphatic rings. The zero-order valence-corrected chi connectivity index (χ0v) is 11.3. The van der Waals surface area contributed by atoms with Crippen LogP contribution in [0, 0.1) is 5.82 Å². The van der Waals surface area contributed by atoms with Crippen molar-refractivity contribution in [2.45, 2.75) is 51.1 Å². The van der Waals surface area contributed by atoms with Crippen LogP contribution < -0.4 is 5.73 Å². The van der Waals surface area contributed by atoms with Crippen molar-refractivity contribution in [2.75, 3.05) is 0 Å². The molecule has 102 valence electrons. The second-order valence-corrected chi connectivity index (χ2v) is 5.52. The van der Waals surface area contributed by atoms with E-state index in [2.05, 4.69) is 16.5 Å². The van der Waals surface area contributed by atoms with Crippen molar-refractivity contribution in [3.8, 4) is 0 Å². The van der Waals surface area contributed by atoms with Crippen LogP contribution in [0.15, 0.2) is 18.2 Å². The van der Waals surface area contributed by atoms with E-state index in [1.54, 1.807) is 0 Å². The molecule has 1 unspecified atom stereocenters. The van der Waals surface area contributed by atoms with Gasteiger partial charge < -0.3 is 10.3 Å². The molecule has 1 heterocycles. The normalized spacial score (nSPS) is 17.0. The topological polar surface area (TPSA) is 43.8 Å². The Balaban J connectivity index is 2.00. The standard InChI is InChI=1S/C15H20FN3/c1-2-3-11(17)9-15-18-13-8-10(16)4-7-14(13)19(15)12-5-6-12/h4,7-8,11-12H,2-3,5-6,9,17H2,1H3. The minimum atomic E-state index is -0.225. The molecule has 0 aliphatic heterocycles. The molecule has 1 aromatic carbocycles. The predicted octanol–water partition coefficient (Wildman–Crippen LogP) is 3.18. The van der Waals surface area contributed by atoms with Gasteiger partial charge in [0.15, 0.2) is 0 Å². The molecule has 0 saturated heterocycles. The first-order valence-corrected chi connectivity index (χ1v) is 7.11. The Labute approximate surface area is 112 Å². The van der Waals surface area contributed by atoms with Crippen molar-refractivity contribution in [1.82, 2.24) is 9.55 Å². The minimum absolute atomic E-state index is 0.143. The molecular formula is C15H20FN3. The highest BCUT2D eigenvalue weighted by Gasteiger charge is 2.28. The van der Waals surface area contributed by atoms with Gasteiger partial charge in [-0.05, 0) is 31.4 Å². The summed E-state index contributed by atoms with van der Waals surface area (Å²) in [6.45, 7) is 2.14. The lowest BCUT2D eigenvalue weighted by molar-refractivity contribution is 0.564. The summed E-state index contributed by atoms with van der Waals surface area (Å²) in [6.07, 6.45) is 5.25. The summed E-state index contributed by atoms with van der Waals surface area (Å²) < 4.78 is 15.6. The molecule has 2 N–H and O–H groups in total. The number of benzene rings is 1. The fraction of sp³-hybridized carbons (Fsp3) is 0.533. The first-order chi connectivity index (χ1) is 9.19. The molecular weight excluding hydrogens is 241 g/mol. The van der Waals surface area contributed by atoms with Gasteiger partial charge in [0, 0.05) is 24.6 Å². The van der Waals surface area contributed by atoms with Gasteiger partial charge in [0.1, 0.15) is 11.6 Å². The molecule has 3 rings (SSSR count). The van der Waals surface area contributed by atoms with E-state index >= 15 is 0 Å². The quantitative estimate of drug-likeness (QED) is 0.898.